The number of carbonyl (C=O) groups is 6. The van der Waals surface area contributed by atoms with Crippen LogP contribution in [0.2, 0.25) is 0 Å². The van der Waals surface area contributed by atoms with Gasteiger partial charge in [0.05, 0.1) is 22.7 Å². The molecule has 0 aromatic heterocycles. The van der Waals surface area contributed by atoms with Crippen molar-refractivity contribution in [3.63, 3.8) is 0 Å². The van der Waals surface area contributed by atoms with Crippen molar-refractivity contribution in [2.24, 2.45) is 23.1 Å². The summed E-state index contributed by atoms with van der Waals surface area (Å²) in [6.07, 6.45) is -0.188. The maximum absolute atomic E-state index is 13.7. The molecule has 0 fully saturated rings. The summed E-state index contributed by atoms with van der Waals surface area (Å²) in [5.74, 6) is -2.90. The van der Waals surface area contributed by atoms with Crippen LogP contribution in [0.5, 0.6) is 0 Å². The SMILES string of the molecule is CC[C@H](N)C(N)=O.CC[C@H](NC(=O)OCC1c2ccccc2-c2ccccc21)C(=O)C[C@@H](CSC(c1ccccc1)(c1ccccc1)c1ccccc1)C(N)=O.CC[C@H](NC(=O)OCC1c2ccccc2-c2ccccc21)C(=O)O. The molecule has 0 heterocycles. The van der Waals surface area contributed by atoms with Crippen LogP contribution in [0, 0.1) is 5.92 Å². The third kappa shape index (κ3) is 14.2. The lowest BCUT2D eigenvalue weighted by Crippen LogP contribution is -2.43. The molecule has 414 valence electrons. The molecule has 0 saturated heterocycles. The van der Waals surface area contributed by atoms with Crippen molar-refractivity contribution in [1.29, 1.82) is 0 Å². The van der Waals surface area contributed by atoms with Gasteiger partial charge in [0.1, 0.15) is 19.3 Å². The fourth-order valence-corrected chi connectivity index (χ4v) is 11.8. The van der Waals surface area contributed by atoms with Crippen LogP contribution in [0.4, 0.5) is 9.59 Å². The summed E-state index contributed by atoms with van der Waals surface area (Å²) in [5.41, 5.74) is 28.1. The Hall–Kier alpha value is -8.53. The highest BCUT2D eigenvalue weighted by molar-refractivity contribution is 8.00. The lowest BCUT2D eigenvalue weighted by molar-refractivity contribution is -0.139. The number of carboxylic acids is 1. The van der Waals surface area contributed by atoms with Crippen LogP contribution < -0.4 is 27.8 Å². The lowest BCUT2D eigenvalue weighted by atomic mass is 9.84. The average Bonchev–Trinajstić information content (AvgIpc) is 4.02. The number of rotatable bonds is 21. The Labute approximate surface area is 471 Å². The van der Waals surface area contributed by atoms with Crippen LogP contribution in [0.15, 0.2) is 188 Å². The number of thioether (sulfide) groups is 1. The van der Waals surface area contributed by atoms with Crippen molar-refractivity contribution < 1.29 is 43.3 Å². The number of carboxylic acid groups (broad SMARTS) is 1. The largest absolute Gasteiger partial charge is 0.480 e. The number of primary amides is 2. The van der Waals surface area contributed by atoms with Gasteiger partial charge in [-0.25, -0.2) is 14.4 Å². The van der Waals surface area contributed by atoms with E-state index in [1.807, 2.05) is 129 Å². The number of Topliss-reactive ketones (excluding diaryl/α,β-unsaturated/α-hetero) is 1. The third-order valence-electron chi connectivity index (χ3n) is 14.5. The number of amides is 4. The van der Waals surface area contributed by atoms with Gasteiger partial charge in [0.2, 0.25) is 11.8 Å². The molecular formula is C65H69N5O9S. The Morgan fingerprint density at radius 1 is 0.500 bits per heavy atom. The molecule has 2 aliphatic carbocycles. The van der Waals surface area contributed by atoms with Crippen molar-refractivity contribution in [1.82, 2.24) is 10.6 Å². The molecule has 2 aliphatic rings. The summed E-state index contributed by atoms with van der Waals surface area (Å²) < 4.78 is 10.4. The van der Waals surface area contributed by atoms with Gasteiger partial charge in [-0.2, -0.15) is 0 Å². The predicted octanol–water partition coefficient (Wildman–Crippen LogP) is 10.7. The number of nitrogens with two attached hydrogens (primary N) is 3. The Kier molecular flexibility index (Phi) is 21.0. The molecule has 15 heteroatoms. The van der Waals surface area contributed by atoms with E-state index in [0.717, 1.165) is 61.2 Å². The zero-order valence-corrected chi connectivity index (χ0v) is 46.0. The molecule has 0 saturated carbocycles. The van der Waals surface area contributed by atoms with Crippen LogP contribution in [0.25, 0.3) is 22.3 Å². The summed E-state index contributed by atoms with van der Waals surface area (Å²) >= 11 is 1.59. The normalized spacial score (nSPS) is 13.6. The van der Waals surface area contributed by atoms with E-state index in [2.05, 4.69) is 83.4 Å². The first kappa shape index (κ1) is 59.1. The number of hydrogen-bond donors (Lipinski definition) is 6. The minimum absolute atomic E-state index is 0.0342. The number of carbonyl (C=O) groups excluding carboxylic acids is 5. The maximum Gasteiger partial charge on any atom is 0.407 e. The van der Waals surface area contributed by atoms with Gasteiger partial charge in [-0.15, -0.1) is 11.8 Å². The maximum atomic E-state index is 13.7. The molecule has 9 rings (SSSR count). The lowest BCUT2D eigenvalue weighted by Gasteiger charge is -2.36. The second kappa shape index (κ2) is 28.4. The molecule has 7 aromatic carbocycles. The van der Waals surface area contributed by atoms with Gasteiger partial charge in [-0.3, -0.25) is 14.4 Å². The van der Waals surface area contributed by atoms with Gasteiger partial charge in [-0.1, -0.05) is 209 Å². The molecule has 0 spiro atoms. The van der Waals surface area contributed by atoms with E-state index < -0.39 is 58.8 Å². The van der Waals surface area contributed by atoms with Crippen LogP contribution >= 0.6 is 11.8 Å². The summed E-state index contributed by atoms with van der Waals surface area (Å²) in [6, 6.07) is 60.7. The highest BCUT2D eigenvalue weighted by atomic mass is 32.2. The second-order valence-corrected chi connectivity index (χ2v) is 20.7. The van der Waals surface area contributed by atoms with Crippen LogP contribution in [-0.2, 0) is 33.4 Å². The van der Waals surface area contributed by atoms with Gasteiger partial charge in [0.25, 0.3) is 0 Å². The predicted molar refractivity (Wildman–Crippen MR) is 314 cm³/mol. The van der Waals surface area contributed by atoms with E-state index in [1.165, 1.54) is 0 Å². The monoisotopic (exact) mass is 1100 g/mol. The fraction of sp³-hybridized carbons (Fsp3) is 0.262. The minimum atomic E-state index is -1.06. The average molecular weight is 1100 g/mol. The number of nitrogens with one attached hydrogen (secondary N) is 2. The first-order valence-electron chi connectivity index (χ1n) is 26.8. The number of ether oxygens (including phenoxy) is 2. The molecule has 7 aromatic rings. The van der Waals surface area contributed by atoms with E-state index >= 15 is 0 Å². The molecule has 0 bridgehead atoms. The molecule has 80 heavy (non-hydrogen) atoms. The van der Waals surface area contributed by atoms with Crippen LogP contribution in [-0.4, -0.2) is 78.0 Å². The topological polar surface area (TPSA) is 243 Å². The molecule has 9 N–H and O–H groups in total. The standard InChI is InChI=1S/C42H40N2O4S.C19H19NO4.C4H10N2O/c1-2-38(44-41(47)48-27-37-35-24-14-12-22-33(35)34-23-13-15-25-36(34)37)39(45)26-29(40(43)46)28-49-42(30-16-6-3-7-17-30,31-18-8-4-9-19-31)32-20-10-5-11-21-32;1-2-17(18(21)22)20-19(23)24-11-16-14-9-5-3-7-12(14)13-8-4-6-10-15(13)16;1-2-3(5)4(6)7/h3-25,29,37-38H,2,26-28H2,1H3,(H2,43,46)(H,44,47);3-10,16-17H,2,11H2,1H3,(H,20,23)(H,21,22);3H,2,5H2,1H3,(H2,6,7)/t29-,38-;17-;3-/m000/s1. The van der Waals surface area contributed by atoms with Gasteiger partial charge in [-0.05, 0) is 80.5 Å². The Balaban J connectivity index is 0.000000246. The van der Waals surface area contributed by atoms with Crippen molar-refractivity contribution in [2.45, 2.75) is 81.2 Å². The molecule has 14 nitrogen and oxygen atoms in total. The van der Waals surface area contributed by atoms with Crippen molar-refractivity contribution >= 4 is 47.5 Å². The third-order valence-corrected chi connectivity index (χ3v) is 16.2. The Morgan fingerprint density at radius 2 is 0.838 bits per heavy atom. The summed E-state index contributed by atoms with van der Waals surface area (Å²) in [5, 5.41) is 14.1. The van der Waals surface area contributed by atoms with E-state index in [0.29, 0.717) is 25.0 Å². The number of ketones is 1. The van der Waals surface area contributed by atoms with Gasteiger partial charge < -0.3 is 42.4 Å². The summed E-state index contributed by atoms with van der Waals surface area (Å²) in [7, 11) is 0. The zero-order valence-electron chi connectivity index (χ0n) is 45.2. The highest BCUT2D eigenvalue weighted by Gasteiger charge is 2.39. The quantitative estimate of drug-likeness (QED) is 0.0370. The number of aliphatic carboxylic acids is 1. The molecule has 0 radical (unpaired) electrons. The molecule has 4 atom stereocenters. The summed E-state index contributed by atoms with van der Waals surface area (Å²) in [4.78, 5) is 72.5. The van der Waals surface area contributed by atoms with E-state index in [-0.39, 0.29) is 37.3 Å². The highest BCUT2D eigenvalue weighted by Crippen LogP contribution is 2.50. The smallest absolute Gasteiger partial charge is 0.407 e. The Morgan fingerprint density at radius 3 is 1.14 bits per heavy atom. The zero-order chi connectivity index (χ0) is 57.2. The molecule has 4 amide bonds. The van der Waals surface area contributed by atoms with Crippen LogP contribution in [0.3, 0.4) is 0 Å². The van der Waals surface area contributed by atoms with Gasteiger partial charge >= 0.3 is 18.2 Å². The molecule has 0 aliphatic heterocycles. The Bertz CT molecular complexity index is 3050. The second-order valence-electron chi connectivity index (χ2n) is 19.5. The first-order valence-corrected chi connectivity index (χ1v) is 27.8. The number of hydrogen-bond acceptors (Lipinski definition) is 10. The minimum Gasteiger partial charge on any atom is -0.480 e. The van der Waals surface area contributed by atoms with Crippen molar-refractivity contribution in [3.05, 3.63) is 227 Å². The first-order chi connectivity index (χ1) is 38.7. The van der Waals surface area contributed by atoms with E-state index in [1.54, 1.807) is 18.7 Å². The molecule has 0 unspecified atom stereocenters. The van der Waals surface area contributed by atoms with Crippen LogP contribution in [0.1, 0.15) is 97.2 Å². The number of fused-ring (bicyclic) bond motifs is 6. The van der Waals surface area contributed by atoms with Gasteiger partial charge in [0.15, 0.2) is 5.78 Å². The molecular weight excluding hydrogens is 1030 g/mol. The number of alkyl carbamates (subject to hydrolysis) is 2. The van der Waals surface area contributed by atoms with E-state index in [9.17, 15) is 28.8 Å². The fourth-order valence-electron chi connectivity index (χ4n) is 10.1. The van der Waals surface area contributed by atoms with E-state index in [4.69, 9.17) is 31.8 Å². The number of benzene rings is 7. The van der Waals surface area contributed by atoms with Gasteiger partial charge in [0, 0.05) is 24.0 Å². The van der Waals surface area contributed by atoms with Crippen molar-refractivity contribution in [3.8, 4) is 22.3 Å². The summed E-state index contributed by atoms with van der Waals surface area (Å²) in [6.45, 7) is 5.66. The van der Waals surface area contributed by atoms with Crippen molar-refractivity contribution in [2.75, 3.05) is 19.0 Å².